The number of unbranched alkanes of at least 4 members (excludes halogenated alkanes) is 2. The minimum absolute atomic E-state index is 0.173. The third-order valence-electron chi connectivity index (χ3n) is 5.07. The molecule has 2 rings (SSSR count). The molecule has 0 spiro atoms. The summed E-state index contributed by atoms with van der Waals surface area (Å²) >= 11 is 0. The Morgan fingerprint density at radius 2 is 1.71 bits per heavy atom. The number of hydrogen-bond acceptors (Lipinski definition) is 4. The van der Waals surface area contributed by atoms with Crippen molar-refractivity contribution in [1.82, 2.24) is 0 Å². The van der Waals surface area contributed by atoms with Crippen molar-refractivity contribution < 1.29 is 29.3 Å². The van der Waals surface area contributed by atoms with Gasteiger partial charge in [0.25, 0.3) is 0 Å². The van der Waals surface area contributed by atoms with E-state index in [1.807, 2.05) is 18.2 Å². The highest BCUT2D eigenvalue weighted by atomic mass is 16.5. The van der Waals surface area contributed by atoms with Gasteiger partial charge >= 0.3 is 17.9 Å². The van der Waals surface area contributed by atoms with Crippen LogP contribution >= 0.6 is 0 Å². The predicted octanol–water partition coefficient (Wildman–Crippen LogP) is 5.14. The first-order valence-electron chi connectivity index (χ1n) is 10.4. The zero-order valence-corrected chi connectivity index (χ0v) is 17.7. The minimum Gasteiger partial charge on any atom is -0.478 e. The molecule has 0 aliphatic heterocycles. The normalized spacial score (nSPS) is 10.5. The van der Waals surface area contributed by atoms with E-state index in [0.717, 1.165) is 30.0 Å². The molecule has 0 saturated heterocycles. The monoisotopic (exact) mass is 424 g/mol. The Morgan fingerprint density at radius 3 is 2.29 bits per heavy atom. The van der Waals surface area contributed by atoms with Crippen molar-refractivity contribution in [2.24, 2.45) is 0 Å². The summed E-state index contributed by atoms with van der Waals surface area (Å²) in [5.41, 5.74) is 2.49. The lowest BCUT2D eigenvalue weighted by Crippen LogP contribution is -2.14. The average Bonchev–Trinajstić information content (AvgIpc) is 2.76. The van der Waals surface area contributed by atoms with Gasteiger partial charge in [0.15, 0.2) is 0 Å². The molecule has 164 valence electrons. The molecule has 6 nitrogen and oxygen atoms in total. The summed E-state index contributed by atoms with van der Waals surface area (Å²) < 4.78 is 5.00. The molecule has 0 heterocycles. The van der Waals surface area contributed by atoms with Crippen LogP contribution in [0.25, 0.3) is 11.1 Å². The highest BCUT2D eigenvalue weighted by Crippen LogP contribution is 2.35. The summed E-state index contributed by atoms with van der Waals surface area (Å²) in [6, 6.07) is 10.6. The molecular weight excluding hydrogens is 396 g/mol. The van der Waals surface area contributed by atoms with Crippen molar-refractivity contribution in [3.8, 4) is 11.1 Å². The van der Waals surface area contributed by atoms with E-state index in [-0.39, 0.29) is 17.7 Å². The second-order valence-corrected chi connectivity index (χ2v) is 7.22. The molecule has 0 fully saturated rings. The average molecular weight is 424 g/mol. The van der Waals surface area contributed by atoms with E-state index in [2.05, 4.69) is 13.5 Å². The number of hydrogen-bond donors (Lipinski definition) is 2. The van der Waals surface area contributed by atoms with Crippen molar-refractivity contribution in [2.75, 3.05) is 6.61 Å². The molecule has 0 aromatic heterocycles. The molecular formula is C25H28O6. The van der Waals surface area contributed by atoms with Crippen LogP contribution < -0.4 is 0 Å². The Labute approximate surface area is 182 Å². The van der Waals surface area contributed by atoms with E-state index in [1.54, 1.807) is 12.1 Å². The molecule has 0 saturated carbocycles. The lowest BCUT2D eigenvalue weighted by atomic mass is 9.84. The maximum Gasteiger partial charge on any atom is 0.337 e. The SMILES string of the molecule is C=CC(=O)OCCCCc1cc(C(=O)O)c(C(=O)O)c(-c2ccccc2)c1CCCC. The van der Waals surface area contributed by atoms with E-state index in [1.165, 1.54) is 6.07 Å². The summed E-state index contributed by atoms with van der Waals surface area (Å²) in [6.07, 6.45) is 5.38. The van der Waals surface area contributed by atoms with E-state index in [4.69, 9.17) is 4.74 Å². The van der Waals surface area contributed by atoms with Crippen LogP contribution in [0.15, 0.2) is 49.1 Å². The standard InChI is InChI=1S/C25H28O6/c1-3-5-14-19-18(13-9-10-15-31-21(26)4-2)16-20(24(27)28)23(25(29)30)22(19)17-11-7-6-8-12-17/h4,6-8,11-12,16H,2-3,5,9-10,13-15H2,1H3,(H,27,28)(H,29,30). The molecule has 0 unspecified atom stereocenters. The number of rotatable bonds is 12. The van der Waals surface area contributed by atoms with Crippen LogP contribution in [0.4, 0.5) is 0 Å². The molecule has 0 aliphatic rings. The first kappa shape index (κ1) is 23.9. The summed E-state index contributed by atoms with van der Waals surface area (Å²) in [4.78, 5) is 35.2. The van der Waals surface area contributed by atoms with Crippen LogP contribution in [0.1, 0.15) is 64.4 Å². The molecule has 6 heteroatoms. The number of esters is 1. The zero-order valence-electron chi connectivity index (χ0n) is 17.7. The highest BCUT2D eigenvalue weighted by molar-refractivity contribution is 6.07. The summed E-state index contributed by atoms with van der Waals surface area (Å²) in [5, 5.41) is 19.6. The quantitative estimate of drug-likeness (QED) is 0.278. The molecule has 2 aromatic rings. The first-order valence-corrected chi connectivity index (χ1v) is 10.4. The van der Waals surface area contributed by atoms with Crippen LogP contribution in [-0.4, -0.2) is 34.7 Å². The number of ether oxygens (including phenoxy) is 1. The smallest absolute Gasteiger partial charge is 0.337 e. The van der Waals surface area contributed by atoms with Crippen molar-refractivity contribution >= 4 is 17.9 Å². The molecule has 31 heavy (non-hydrogen) atoms. The van der Waals surface area contributed by atoms with Gasteiger partial charge in [0, 0.05) is 11.6 Å². The summed E-state index contributed by atoms with van der Waals surface area (Å²) in [6.45, 7) is 5.66. The van der Waals surface area contributed by atoms with Gasteiger partial charge in [-0.15, -0.1) is 0 Å². The number of aromatic carboxylic acids is 2. The van der Waals surface area contributed by atoms with Gasteiger partial charge in [-0.25, -0.2) is 14.4 Å². The van der Waals surface area contributed by atoms with Crippen LogP contribution in [0, 0.1) is 0 Å². The van der Waals surface area contributed by atoms with Gasteiger partial charge in [-0.3, -0.25) is 0 Å². The van der Waals surface area contributed by atoms with Crippen LogP contribution in [0.3, 0.4) is 0 Å². The van der Waals surface area contributed by atoms with Crippen LogP contribution in [-0.2, 0) is 22.4 Å². The molecule has 0 amide bonds. The number of carbonyl (C=O) groups excluding carboxylic acids is 1. The molecule has 2 aromatic carbocycles. The van der Waals surface area contributed by atoms with Crippen molar-refractivity contribution in [1.29, 1.82) is 0 Å². The van der Waals surface area contributed by atoms with E-state index < -0.39 is 17.9 Å². The number of carbonyl (C=O) groups is 3. The van der Waals surface area contributed by atoms with Gasteiger partial charge in [-0.2, -0.15) is 0 Å². The Bertz CT molecular complexity index is 946. The Hall–Kier alpha value is -3.41. The molecule has 0 aliphatic carbocycles. The number of carboxylic acid groups (broad SMARTS) is 2. The third-order valence-corrected chi connectivity index (χ3v) is 5.07. The highest BCUT2D eigenvalue weighted by Gasteiger charge is 2.26. The van der Waals surface area contributed by atoms with E-state index >= 15 is 0 Å². The third kappa shape index (κ3) is 6.28. The van der Waals surface area contributed by atoms with Gasteiger partial charge in [-0.05, 0) is 54.9 Å². The largest absolute Gasteiger partial charge is 0.478 e. The van der Waals surface area contributed by atoms with Crippen molar-refractivity contribution in [3.05, 3.63) is 71.3 Å². The molecule has 2 N–H and O–H groups in total. The molecule has 0 radical (unpaired) electrons. The van der Waals surface area contributed by atoms with Crippen LogP contribution in [0.2, 0.25) is 0 Å². The second kappa shape index (κ2) is 11.7. The first-order chi connectivity index (χ1) is 14.9. The van der Waals surface area contributed by atoms with Crippen LogP contribution in [0.5, 0.6) is 0 Å². The van der Waals surface area contributed by atoms with Gasteiger partial charge in [0.2, 0.25) is 0 Å². The Kier molecular flexibility index (Phi) is 9.00. The number of benzene rings is 2. The van der Waals surface area contributed by atoms with E-state index in [9.17, 15) is 24.6 Å². The predicted molar refractivity (Wildman–Crippen MR) is 119 cm³/mol. The topological polar surface area (TPSA) is 101 Å². The molecule has 0 bridgehead atoms. The maximum atomic E-state index is 12.1. The van der Waals surface area contributed by atoms with Crippen molar-refractivity contribution in [3.63, 3.8) is 0 Å². The lowest BCUT2D eigenvalue weighted by Gasteiger charge is -2.20. The Morgan fingerprint density at radius 1 is 1.00 bits per heavy atom. The fourth-order valence-corrected chi connectivity index (χ4v) is 3.61. The Balaban J connectivity index is 2.53. The lowest BCUT2D eigenvalue weighted by molar-refractivity contribution is -0.137. The zero-order chi connectivity index (χ0) is 22.8. The fraction of sp³-hybridized carbons (Fsp3) is 0.320. The van der Waals surface area contributed by atoms with Gasteiger partial charge in [0.1, 0.15) is 0 Å². The maximum absolute atomic E-state index is 12.1. The molecule has 0 atom stereocenters. The minimum atomic E-state index is -1.27. The van der Waals surface area contributed by atoms with Gasteiger partial charge in [-0.1, -0.05) is 50.3 Å². The van der Waals surface area contributed by atoms with E-state index in [0.29, 0.717) is 36.8 Å². The summed E-state index contributed by atoms with van der Waals surface area (Å²) in [5.74, 6) is -3.00. The van der Waals surface area contributed by atoms with Gasteiger partial charge in [0.05, 0.1) is 17.7 Å². The summed E-state index contributed by atoms with van der Waals surface area (Å²) in [7, 11) is 0. The number of aryl methyl sites for hydroxylation is 1. The fourth-order valence-electron chi connectivity index (χ4n) is 3.61. The number of carboxylic acids is 2. The second-order valence-electron chi connectivity index (χ2n) is 7.22. The van der Waals surface area contributed by atoms with Crippen molar-refractivity contribution in [2.45, 2.75) is 45.4 Å². The van der Waals surface area contributed by atoms with Gasteiger partial charge < -0.3 is 14.9 Å².